The van der Waals surface area contributed by atoms with Gasteiger partial charge in [0.2, 0.25) is 11.0 Å². The Morgan fingerprint density at radius 1 is 1.25 bits per heavy atom. The molecule has 0 aliphatic heterocycles. The molecule has 24 heavy (non-hydrogen) atoms. The summed E-state index contributed by atoms with van der Waals surface area (Å²) in [7, 11) is 0. The Hall–Kier alpha value is -2.15. The zero-order valence-electron chi connectivity index (χ0n) is 13.7. The highest BCUT2D eigenvalue weighted by molar-refractivity contribution is 7.15. The first-order chi connectivity index (χ1) is 11.8. The lowest BCUT2D eigenvalue weighted by atomic mass is 10.3. The monoisotopic (exact) mass is 347 g/mol. The zero-order chi connectivity index (χ0) is 16.8. The second-order valence-corrected chi connectivity index (χ2v) is 6.61. The van der Waals surface area contributed by atoms with Crippen LogP contribution < -0.4 is 14.8 Å². The number of hydrogen-bond acceptors (Lipinski definition) is 6. The second-order valence-electron chi connectivity index (χ2n) is 5.60. The molecule has 128 valence electrons. The van der Waals surface area contributed by atoms with Gasteiger partial charge in [0.15, 0.2) is 11.5 Å². The van der Waals surface area contributed by atoms with E-state index in [1.54, 1.807) is 0 Å². The fraction of sp³-hybridized carbons (Fsp3) is 0.471. The molecule has 0 atom stereocenters. The number of anilines is 1. The lowest BCUT2D eigenvalue weighted by molar-refractivity contribution is -0.116. The van der Waals surface area contributed by atoms with E-state index in [1.807, 2.05) is 31.2 Å². The molecule has 7 heteroatoms. The average Bonchev–Trinajstić information content (AvgIpc) is 3.33. The molecule has 0 saturated heterocycles. The van der Waals surface area contributed by atoms with Gasteiger partial charge < -0.3 is 14.8 Å². The van der Waals surface area contributed by atoms with Crippen molar-refractivity contribution in [1.82, 2.24) is 10.2 Å². The van der Waals surface area contributed by atoms with Crippen molar-refractivity contribution in [3.05, 3.63) is 29.3 Å². The smallest absolute Gasteiger partial charge is 0.226 e. The summed E-state index contributed by atoms with van der Waals surface area (Å²) in [6.45, 7) is 2.98. The minimum Gasteiger partial charge on any atom is -0.490 e. The normalized spacial score (nSPS) is 13.5. The van der Waals surface area contributed by atoms with Gasteiger partial charge in [0.1, 0.15) is 5.01 Å². The molecule has 1 fully saturated rings. The molecule has 1 N–H and O–H groups in total. The van der Waals surface area contributed by atoms with E-state index >= 15 is 0 Å². The molecule has 6 nitrogen and oxygen atoms in total. The number of carbonyl (C=O) groups is 1. The van der Waals surface area contributed by atoms with Crippen molar-refractivity contribution in [2.24, 2.45) is 0 Å². The number of carbonyl (C=O) groups excluding carboxylic acids is 1. The number of benzene rings is 1. The molecule has 0 unspecified atom stereocenters. The van der Waals surface area contributed by atoms with Crippen molar-refractivity contribution in [3.63, 3.8) is 0 Å². The third-order valence-electron chi connectivity index (χ3n) is 3.57. The molecule has 0 bridgehead atoms. The summed E-state index contributed by atoms with van der Waals surface area (Å²) in [6, 6.07) is 7.55. The van der Waals surface area contributed by atoms with Crippen molar-refractivity contribution >= 4 is 22.4 Å². The SMILES string of the molecule is CCOc1ccccc1OCCCC(=O)Nc1nnc(C2CC2)s1. The van der Waals surface area contributed by atoms with Crippen LogP contribution in [0.15, 0.2) is 24.3 Å². The number of para-hydroxylation sites is 2. The summed E-state index contributed by atoms with van der Waals surface area (Å²) in [6.07, 6.45) is 3.38. The van der Waals surface area contributed by atoms with Crippen LogP contribution in [0.5, 0.6) is 11.5 Å². The average molecular weight is 347 g/mol. The van der Waals surface area contributed by atoms with Gasteiger partial charge in [0.05, 0.1) is 13.2 Å². The number of aromatic nitrogens is 2. The molecule has 1 amide bonds. The van der Waals surface area contributed by atoms with E-state index in [9.17, 15) is 4.79 Å². The van der Waals surface area contributed by atoms with E-state index in [2.05, 4.69) is 15.5 Å². The summed E-state index contributed by atoms with van der Waals surface area (Å²) in [5, 5.41) is 12.5. The molecule has 0 spiro atoms. The van der Waals surface area contributed by atoms with E-state index in [0.717, 1.165) is 10.8 Å². The first-order valence-corrected chi connectivity index (χ1v) is 9.05. The zero-order valence-corrected chi connectivity index (χ0v) is 14.5. The maximum absolute atomic E-state index is 11.9. The number of rotatable bonds is 9. The van der Waals surface area contributed by atoms with Gasteiger partial charge in [-0.15, -0.1) is 10.2 Å². The van der Waals surface area contributed by atoms with Crippen molar-refractivity contribution in [3.8, 4) is 11.5 Å². The van der Waals surface area contributed by atoms with Gasteiger partial charge in [-0.2, -0.15) is 0 Å². The predicted octanol–water partition coefficient (Wildman–Crippen LogP) is 3.61. The summed E-state index contributed by atoms with van der Waals surface area (Å²) >= 11 is 1.47. The third-order valence-corrected chi connectivity index (χ3v) is 4.57. The van der Waals surface area contributed by atoms with Crippen molar-refractivity contribution in [2.45, 2.75) is 38.5 Å². The van der Waals surface area contributed by atoms with Crippen molar-refractivity contribution in [1.29, 1.82) is 0 Å². The Kier molecular flexibility index (Phi) is 5.63. The number of ether oxygens (including phenoxy) is 2. The Bertz CT molecular complexity index is 685. The number of hydrogen-bond donors (Lipinski definition) is 1. The van der Waals surface area contributed by atoms with E-state index in [1.165, 1.54) is 24.2 Å². The molecule has 1 saturated carbocycles. The number of nitrogens with one attached hydrogen (secondary N) is 1. The molecule has 2 aromatic rings. The van der Waals surface area contributed by atoms with Crippen molar-refractivity contribution in [2.75, 3.05) is 18.5 Å². The molecule has 3 rings (SSSR count). The first-order valence-electron chi connectivity index (χ1n) is 8.24. The van der Waals surface area contributed by atoms with Gasteiger partial charge in [-0.25, -0.2) is 0 Å². The lowest BCUT2D eigenvalue weighted by Gasteiger charge is -2.11. The first kappa shape index (κ1) is 16.7. The fourth-order valence-electron chi connectivity index (χ4n) is 2.22. The van der Waals surface area contributed by atoms with Gasteiger partial charge in [0.25, 0.3) is 0 Å². The van der Waals surface area contributed by atoms with Crippen LogP contribution in [-0.4, -0.2) is 29.3 Å². The Labute approximate surface area is 145 Å². The Balaban J connectivity index is 1.38. The molecule has 1 aromatic heterocycles. The maximum Gasteiger partial charge on any atom is 0.226 e. The highest BCUT2D eigenvalue weighted by atomic mass is 32.1. The van der Waals surface area contributed by atoms with Gasteiger partial charge in [-0.3, -0.25) is 4.79 Å². The predicted molar refractivity (Wildman–Crippen MR) is 92.9 cm³/mol. The van der Waals surface area contributed by atoms with Crippen LogP contribution in [0.2, 0.25) is 0 Å². The van der Waals surface area contributed by atoms with Gasteiger partial charge in [0, 0.05) is 12.3 Å². The molecular weight excluding hydrogens is 326 g/mol. The van der Waals surface area contributed by atoms with Gasteiger partial charge in [-0.05, 0) is 38.3 Å². The van der Waals surface area contributed by atoms with E-state index in [-0.39, 0.29) is 5.91 Å². The van der Waals surface area contributed by atoms with E-state index in [4.69, 9.17) is 9.47 Å². The summed E-state index contributed by atoms with van der Waals surface area (Å²) < 4.78 is 11.2. The molecule has 1 aromatic carbocycles. The third kappa shape index (κ3) is 4.67. The Morgan fingerprint density at radius 2 is 2.00 bits per heavy atom. The molecular formula is C17H21N3O3S. The van der Waals surface area contributed by atoms with Gasteiger partial charge in [-0.1, -0.05) is 23.5 Å². The maximum atomic E-state index is 11.9. The van der Waals surface area contributed by atoms with E-state index < -0.39 is 0 Å². The van der Waals surface area contributed by atoms with Crippen molar-refractivity contribution < 1.29 is 14.3 Å². The molecule has 1 aliphatic rings. The summed E-state index contributed by atoms with van der Waals surface area (Å²) in [5.74, 6) is 1.94. The largest absolute Gasteiger partial charge is 0.490 e. The van der Waals surface area contributed by atoms with Crippen LogP contribution in [0.1, 0.15) is 43.5 Å². The highest BCUT2D eigenvalue weighted by Gasteiger charge is 2.27. The minimum atomic E-state index is -0.0600. The van der Waals surface area contributed by atoms with Gasteiger partial charge >= 0.3 is 0 Å². The van der Waals surface area contributed by atoms with Crippen LogP contribution in [0.4, 0.5) is 5.13 Å². The molecule has 1 heterocycles. The van der Waals surface area contributed by atoms with Crippen LogP contribution in [0, 0.1) is 0 Å². The van der Waals surface area contributed by atoms with Crippen LogP contribution >= 0.6 is 11.3 Å². The lowest BCUT2D eigenvalue weighted by Crippen LogP contribution is -2.12. The van der Waals surface area contributed by atoms with E-state index in [0.29, 0.717) is 42.9 Å². The second kappa shape index (κ2) is 8.10. The minimum absolute atomic E-state index is 0.0600. The summed E-state index contributed by atoms with van der Waals surface area (Å²) in [5.41, 5.74) is 0. The Morgan fingerprint density at radius 3 is 2.71 bits per heavy atom. The quantitative estimate of drug-likeness (QED) is 0.702. The molecule has 0 radical (unpaired) electrons. The number of amides is 1. The standard InChI is InChI=1S/C17H21N3O3S/c1-2-22-13-6-3-4-7-14(13)23-11-5-8-15(21)18-17-20-19-16(24-17)12-9-10-12/h3-4,6-7,12H,2,5,8-11H2,1H3,(H,18,20,21). The van der Waals surface area contributed by atoms with Crippen LogP contribution in [-0.2, 0) is 4.79 Å². The number of nitrogens with zero attached hydrogens (tertiary/aromatic N) is 2. The van der Waals surface area contributed by atoms with Crippen LogP contribution in [0.3, 0.4) is 0 Å². The van der Waals surface area contributed by atoms with Crippen LogP contribution in [0.25, 0.3) is 0 Å². The summed E-state index contributed by atoms with van der Waals surface area (Å²) in [4.78, 5) is 11.9. The highest BCUT2D eigenvalue weighted by Crippen LogP contribution is 2.42. The molecule has 1 aliphatic carbocycles. The fourth-order valence-corrected chi connectivity index (χ4v) is 3.15. The topological polar surface area (TPSA) is 73.3 Å².